The Kier molecular flexibility index (Phi) is 3.36. The van der Waals surface area contributed by atoms with Gasteiger partial charge in [0.2, 0.25) is 0 Å². The second kappa shape index (κ2) is 5.87. The summed E-state index contributed by atoms with van der Waals surface area (Å²) in [6, 6.07) is 11.6. The summed E-state index contributed by atoms with van der Waals surface area (Å²) in [6.45, 7) is 0.403. The number of rotatable bonds is 3. The number of nitrogens with two attached hydrogens (primary N) is 1. The molecule has 8 heteroatoms. The number of nitrogen functional groups attached to an aromatic ring is 1. The summed E-state index contributed by atoms with van der Waals surface area (Å²) in [5, 5.41) is 4.07. The highest BCUT2D eigenvalue weighted by molar-refractivity contribution is 6.04. The van der Waals surface area contributed by atoms with Gasteiger partial charge in [0.1, 0.15) is 28.1 Å². The lowest BCUT2D eigenvalue weighted by molar-refractivity contribution is 0.379. The van der Waals surface area contributed by atoms with Gasteiger partial charge in [-0.25, -0.2) is 14.4 Å². The van der Waals surface area contributed by atoms with Gasteiger partial charge in [0.05, 0.1) is 18.4 Å². The van der Waals surface area contributed by atoms with Crippen LogP contribution in [-0.2, 0) is 6.54 Å². The van der Waals surface area contributed by atoms with Crippen molar-refractivity contribution in [3.63, 3.8) is 0 Å². The van der Waals surface area contributed by atoms with E-state index in [1.54, 1.807) is 24.7 Å². The summed E-state index contributed by atoms with van der Waals surface area (Å²) in [6.07, 6.45) is 3.38. The van der Waals surface area contributed by atoms with E-state index in [0.29, 0.717) is 34.9 Å². The number of benzene rings is 1. The molecule has 1 aromatic carbocycles. The largest absolute Gasteiger partial charge is 0.382 e. The van der Waals surface area contributed by atoms with Crippen LogP contribution in [0.5, 0.6) is 0 Å². The van der Waals surface area contributed by atoms with Gasteiger partial charge in [-0.05, 0) is 36.4 Å². The number of imidazole rings is 1. The minimum atomic E-state index is -0.294. The molecule has 0 aliphatic carbocycles. The number of hydrogen-bond donors (Lipinski definition) is 1. The first-order chi connectivity index (χ1) is 13.2. The third-order valence-electron chi connectivity index (χ3n) is 4.36. The Morgan fingerprint density at radius 2 is 1.93 bits per heavy atom. The number of pyridine rings is 2. The van der Waals surface area contributed by atoms with Gasteiger partial charge in [-0.3, -0.25) is 4.98 Å². The van der Waals surface area contributed by atoms with E-state index in [0.717, 1.165) is 16.6 Å². The summed E-state index contributed by atoms with van der Waals surface area (Å²) in [7, 11) is 0. The average molecular weight is 360 g/mol. The summed E-state index contributed by atoms with van der Waals surface area (Å²) in [4.78, 5) is 13.1. The van der Waals surface area contributed by atoms with Crippen molar-refractivity contribution in [3.8, 4) is 11.3 Å². The van der Waals surface area contributed by atoms with Crippen LogP contribution in [0.25, 0.3) is 33.3 Å². The van der Waals surface area contributed by atoms with Gasteiger partial charge in [-0.15, -0.1) is 0 Å². The number of fused-ring (bicyclic) bond motifs is 3. The van der Waals surface area contributed by atoms with Gasteiger partial charge in [0, 0.05) is 17.8 Å². The lowest BCUT2D eigenvalue weighted by atomic mass is 10.1. The van der Waals surface area contributed by atoms with E-state index in [-0.39, 0.29) is 5.82 Å². The van der Waals surface area contributed by atoms with E-state index < -0.39 is 0 Å². The first-order valence-corrected chi connectivity index (χ1v) is 8.25. The van der Waals surface area contributed by atoms with Gasteiger partial charge in [0.25, 0.3) is 0 Å². The van der Waals surface area contributed by atoms with Gasteiger partial charge in [0.15, 0.2) is 11.6 Å². The fraction of sp³-hybridized carbons (Fsp3) is 0.0526. The average Bonchev–Trinajstić information content (AvgIpc) is 3.31. The standard InChI is InChI=1S/C19H13FN6O/c20-12-5-3-11(4-6-12)15-8-13(27-25-15)9-26-10-23-17-18(26)16-14(24-19(17)21)2-1-7-22-16/h1-8,10H,9H2,(H2,21,24). The molecule has 132 valence electrons. The highest BCUT2D eigenvalue weighted by Crippen LogP contribution is 2.27. The van der Waals surface area contributed by atoms with Crippen LogP contribution in [0.4, 0.5) is 10.2 Å². The molecule has 0 bridgehead atoms. The van der Waals surface area contributed by atoms with E-state index in [1.807, 2.05) is 22.8 Å². The van der Waals surface area contributed by atoms with Crippen LogP contribution in [-0.4, -0.2) is 24.7 Å². The molecule has 27 heavy (non-hydrogen) atoms. The second-order valence-corrected chi connectivity index (χ2v) is 6.12. The normalized spacial score (nSPS) is 11.4. The quantitative estimate of drug-likeness (QED) is 0.530. The molecule has 4 aromatic heterocycles. The molecule has 0 spiro atoms. The molecule has 0 aliphatic rings. The lowest BCUT2D eigenvalue weighted by Gasteiger charge is -2.05. The fourth-order valence-corrected chi connectivity index (χ4v) is 3.10. The maximum absolute atomic E-state index is 13.1. The molecule has 0 saturated heterocycles. The van der Waals surface area contributed by atoms with Crippen molar-refractivity contribution in [2.75, 3.05) is 5.73 Å². The minimum Gasteiger partial charge on any atom is -0.382 e. The molecule has 5 rings (SSSR count). The molecule has 2 N–H and O–H groups in total. The topological polar surface area (TPSA) is 95.7 Å². The third-order valence-corrected chi connectivity index (χ3v) is 4.36. The second-order valence-electron chi connectivity index (χ2n) is 6.12. The number of hydrogen-bond acceptors (Lipinski definition) is 6. The minimum absolute atomic E-state index is 0.294. The zero-order chi connectivity index (χ0) is 18.4. The molecule has 0 amide bonds. The number of halogens is 1. The summed E-state index contributed by atoms with van der Waals surface area (Å²) in [5.41, 5.74) is 10.3. The van der Waals surface area contributed by atoms with Crippen molar-refractivity contribution in [2.24, 2.45) is 0 Å². The van der Waals surface area contributed by atoms with Crippen molar-refractivity contribution in [1.82, 2.24) is 24.7 Å². The van der Waals surface area contributed by atoms with Crippen LogP contribution < -0.4 is 5.73 Å². The Bertz CT molecular complexity index is 1270. The Balaban J connectivity index is 1.57. The van der Waals surface area contributed by atoms with Crippen LogP contribution in [0.1, 0.15) is 5.76 Å². The maximum Gasteiger partial charge on any atom is 0.157 e. The smallest absolute Gasteiger partial charge is 0.157 e. The van der Waals surface area contributed by atoms with E-state index in [1.165, 1.54) is 12.1 Å². The SMILES string of the molecule is Nc1nc2cccnc2c2c1ncn2Cc1cc(-c2ccc(F)cc2)no1. The van der Waals surface area contributed by atoms with Crippen molar-refractivity contribution in [1.29, 1.82) is 0 Å². The number of aromatic nitrogens is 5. The Morgan fingerprint density at radius 3 is 2.78 bits per heavy atom. The summed E-state index contributed by atoms with van der Waals surface area (Å²) >= 11 is 0. The highest BCUT2D eigenvalue weighted by atomic mass is 19.1. The molecule has 0 fully saturated rings. The predicted octanol–water partition coefficient (Wildman–Crippen LogP) is 3.40. The number of anilines is 1. The monoisotopic (exact) mass is 360 g/mol. The van der Waals surface area contributed by atoms with Crippen molar-refractivity contribution in [3.05, 3.63) is 66.6 Å². The molecule has 0 aliphatic heterocycles. The Morgan fingerprint density at radius 1 is 1.07 bits per heavy atom. The van der Waals surface area contributed by atoms with Crippen LogP contribution in [0.15, 0.2) is 59.5 Å². The van der Waals surface area contributed by atoms with Gasteiger partial charge < -0.3 is 14.8 Å². The van der Waals surface area contributed by atoms with E-state index >= 15 is 0 Å². The summed E-state index contributed by atoms with van der Waals surface area (Å²) in [5.74, 6) is 0.694. The predicted molar refractivity (Wildman–Crippen MR) is 98.2 cm³/mol. The Hall–Kier alpha value is -3.81. The van der Waals surface area contributed by atoms with Crippen LogP contribution >= 0.6 is 0 Å². The van der Waals surface area contributed by atoms with Crippen molar-refractivity contribution in [2.45, 2.75) is 6.54 Å². The first kappa shape index (κ1) is 15.4. The fourth-order valence-electron chi connectivity index (χ4n) is 3.10. The molecule has 5 aromatic rings. The van der Waals surface area contributed by atoms with Crippen molar-refractivity contribution < 1.29 is 8.91 Å². The van der Waals surface area contributed by atoms with Crippen LogP contribution in [0, 0.1) is 5.82 Å². The summed E-state index contributed by atoms with van der Waals surface area (Å²) < 4.78 is 20.4. The Labute approximate surface area is 152 Å². The molecule has 7 nitrogen and oxygen atoms in total. The lowest BCUT2D eigenvalue weighted by Crippen LogP contribution is -2.00. The molecule has 0 radical (unpaired) electrons. The number of nitrogens with zero attached hydrogens (tertiary/aromatic N) is 5. The highest BCUT2D eigenvalue weighted by Gasteiger charge is 2.15. The van der Waals surface area contributed by atoms with Crippen LogP contribution in [0.3, 0.4) is 0 Å². The molecule has 0 atom stereocenters. The van der Waals surface area contributed by atoms with E-state index in [2.05, 4.69) is 20.1 Å². The van der Waals surface area contributed by atoms with Crippen LogP contribution in [0.2, 0.25) is 0 Å². The zero-order valence-corrected chi connectivity index (χ0v) is 14.0. The van der Waals surface area contributed by atoms with E-state index in [9.17, 15) is 4.39 Å². The van der Waals surface area contributed by atoms with Gasteiger partial charge >= 0.3 is 0 Å². The van der Waals surface area contributed by atoms with Gasteiger partial charge in [-0.2, -0.15) is 0 Å². The molecule has 0 saturated carbocycles. The molecular weight excluding hydrogens is 347 g/mol. The molecule has 4 heterocycles. The third kappa shape index (κ3) is 2.58. The van der Waals surface area contributed by atoms with Crippen molar-refractivity contribution >= 4 is 27.9 Å². The first-order valence-electron chi connectivity index (χ1n) is 8.25. The maximum atomic E-state index is 13.1. The van der Waals surface area contributed by atoms with Gasteiger partial charge in [-0.1, -0.05) is 5.16 Å². The molecular formula is C19H13FN6O. The molecule has 0 unspecified atom stereocenters. The van der Waals surface area contributed by atoms with E-state index in [4.69, 9.17) is 10.3 Å². The zero-order valence-electron chi connectivity index (χ0n) is 14.0.